The first-order valence-electron chi connectivity index (χ1n) is 10.7. The number of amides is 1. The van der Waals surface area contributed by atoms with Crippen molar-refractivity contribution in [3.8, 4) is 0 Å². The number of nitrogens with one attached hydrogen (secondary N) is 1. The molecule has 1 aliphatic rings. The van der Waals surface area contributed by atoms with E-state index >= 15 is 0 Å². The number of nitrogens with zero attached hydrogens (tertiary/aromatic N) is 2. The number of carbonyl (C=O) groups is 1. The van der Waals surface area contributed by atoms with Gasteiger partial charge in [-0.1, -0.05) is 89.7 Å². The maximum Gasteiger partial charge on any atom is 0.271 e. The Hall–Kier alpha value is -3.74. The highest BCUT2D eigenvalue weighted by molar-refractivity contribution is 7.07. The molecule has 0 saturated heterocycles. The molecule has 0 bridgehead atoms. The summed E-state index contributed by atoms with van der Waals surface area (Å²) in [6.45, 7) is 1.79. The maximum absolute atomic E-state index is 13.6. The number of hydrogen-bond donors (Lipinski definition) is 1. The zero-order valence-corrected chi connectivity index (χ0v) is 19.8. The molecule has 0 fully saturated rings. The summed E-state index contributed by atoms with van der Waals surface area (Å²) in [5.41, 5.74) is 2.97. The number of benzene rings is 3. The fraction of sp³-hybridized carbons (Fsp3) is 0.0741. The van der Waals surface area contributed by atoms with Gasteiger partial charge in [0.05, 0.1) is 21.8 Å². The SMILES string of the molecule is CC1=C(C(=O)Nc2ccccc2)[C@H](c2ccccc2Cl)n2c(s/c(=C/c3ccccc3)c2=O)=N1. The second kappa shape index (κ2) is 9.25. The number of rotatable bonds is 4. The van der Waals surface area contributed by atoms with E-state index in [4.69, 9.17) is 11.6 Å². The third kappa shape index (κ3) is 4.14. The summed E-state index contributed by atoms with van der Waals surface area (Å²) in [6.07, 6.45) is 1.84. The Kier molecular flexibility index (Phi) is 6.01. The molecule has 0 aliphatic carbocycles. The lowest BCUT2D eigenvalue weighted by Crippen LogP contribution is -2.40. The summed E-state index contributed by atoms with van der Waals surface area (Å²) in [4.78, 5) is 32.3. The second-order valence-electron chi connectivity index (χ2n) is 7.83. The number of para-hydroxylation sites is 1. The topological polar surface area (TPSA) is 63.5 Å². The second-order valence-corrected chi connectivity index (χ2v) is 9.25. The van der Waals surface area contributed by atoms with Gasteiger partial charge in [-0.05, 0) is 42.3 Å². The lowest BCUT2D eigenvalue weighted by atomic mass is 9.95. The zero-order valence-electron chi connectivity index (χ0n) is 18.2. The molecule has 5 rings (SSSR count). The average Bonchev–Trinajstić information content (AvgIpc) is 3.14. The van der Waals surface area contributed by atoms with Crippen LogP contribution in [-0.4, -0.2) is 10.5 Å². The van der Waals surface area contributed by atoms with E-state index in [2.05, 4.69) is 10.3 Å². The van der Waals surface area contributed by atoms with Crippen LogP contribution < -0.4 is 20.2 Å². The van der Waals surface area contributed by atoms with E-state index in [9.17, 15) is 9.59 Å². The van der Waals surface area contributed by atoms with Gasteiger partial charge in [0, 0.05) is 10.7 Å². The van der Waals surface area contributed by atoms with E-state index in [0.717, 1.165) is 5.56 Å². The van der Waals surface area contributed by atoms with E-state index in [0.29, 0.717) is 36.9 Å². The van der Waals surface area contributed by atoms with E-state index in [1.807, 2.05) is 84.9 Å². The summed E-state index contributed by atoms with van der Waals surface area (Å²) in [5, 5.41) is 3.42. The normalized spacial score (nSPS) is 15.6. The van der Waals surface area contributed by atoms with Crippen molar-refractivity contribution in [2.75, 3.05) is 5.32 Å². The predicted octanol–water partition coefficient (Wildman–Crippen LogP) is 4.53. The van der Waals surface area contributed by atoms with Crippen molar-refractivity contribution in [1.82, 2.24) is 4.57 Å². The molecule has 3 aromatic carbocycles. The van der Waals surface area contributed by atoms with Gasteiger partial charge in [-0.15, -0.1) is 0 Å². The van der Waals surface area contributed by atoms with Crippen molar-refractivity contribution in [3.05, 3.63) is 132 Å². The number of aromatic nitrogens is 1. The molecule has 2 heterocycles. The van der Waals surface area contributed by atoms with Gasteiger partial charge in [-0.3, -0.25) is 14.2 Å². The largest absolute Gasteiger partial charge is 0.322 e. The van der Waals surface area contributed by atoms with Crippen LogP contribution in [0.4, 0.5) is 5.69 Å². The molecule has 4 aromatic rings. The summed E-state index contributed by atoms with van der Waals surface area (Å²) in [6, 6.07) is 25.4. The highest BCUT2D eigenvalue weighted by Crippen LogP contribution is 2.34. The lowest BCUT2D eigenvalue weighted by molar-refractivity contribution is -0.113. The highest BCUT2D eigenvalue weighted by Gasteiger charge is 2.33. The number of anilines is 1. The molecule has 0 saturated carbocycles. The monoisotopic (exact) mass is 485 g/mol. The van der Waals surface area contributed by atoms with Crippen LogP contribution in [0, 0.1) is 0 Å². The molecule has 1 amide bonds. The van der Waals surface area contributed by atoms with E-state index in [1.165, 1.54) is 11.3 Å². The summed E-state index contributed by atoms with van der Waals surface area (Å²) >= 11 is 7.89. The summed E-state index contributed by atoms with van der Waals surface area (Å²) < 4.78 is 2.12. The van der Waals surface area contributed by atoms with Gasteiger partial charge in [-0.2, -0.15) is 0 Å². The minimum atomic E-state index is -0.702. The smallest absolute Gasteiger partial charge is 0.271 e. The van der Waals surface area contributed by atoms with Crippen LogP contribution in [0.25, 0.3) is 6.08 Å². The predicted molar refractivity (Wildman–Crippen MR) is 137 cm³/mol. The number of carbonyl (C=O) groups excluding carboxylic acids is 1. The Bertz CT molecular complexity index is 1590. The van der Waals surface area contributed by atoms with E-state index in [-0.39, 0.29) is 11.5 Å². The van der Waals surface area contributed by atoms with Crippen LogP contribution in [0.2, 0.25) is 5.02 Å². The summed E-state index contributed by atoms with van der Waals surface area (Å²) in [5.74, 6) is -0.324. The number of fused-ring (bicyclic) bond motifs is 1. The van der Waals surface area contributed by atoms with Crippen LogP contribution in [0.3, 0.4) is 0 Å². The molecular formula is C27H20ClN3O2S. The van der Waals surface area contributed by atoms with Crippen LogP contribution in [0.5, 0.6) is 0 Å². The Labute approximate surface area is 205 Å². The Morgan fingerprint density at radius 1 is 1.00 bits per heavy atom. The van der Waals surface area contributed by atoms with Gasteiger partial charge in [0.15, 0.2) is 4.80 Å². The standard InChI is InChI=1S/C27H20ClN3O2S/c1-17-23(25(32)30-19-12-6-3-7-13-19)24(20-14-8-9-15-21(20)28)31-26(33)22(34-27(31)29-17)16-18-10-4-2-5-11-18/h2-16,24H,1H3,(H,30,32)/b22-16+/t24-/m0/s1. The van der Waals surface area contributed by atoms with Gasteiger partial charge >= 0.3 is 0 Å². The Morgan fingerprint density at radius 2 is 1.65 bits per heavy atom. The van der Waals surface area contributed by atoms with E-state index in [1.54, 1.807) is 17.6 Å². The van der Waals surface area contributed by atoms with Crippen LogP contribution >= 0.6 is 22.9 Å². The first-order chi connectivity index (χ1) is 16.5. The van der Waals surface area contributed by atoms with Gasteiger partial charge in [0.1, 0.15) is 0 Å². The summed E-state index contributed by atoms with van der Waals surface area (Å²) in [7, 11) is 0. The minimum absolute atomic E-state index is 0.213. The van der Waals surface area contributed by atoms with E-state index < -0.39 is 6.04 Å². The number of allylic oxidation sites excluding steroid dienone is 1. The minimum Gasteiger partial charge on any atom is -0.322 e. The third-order valence-corrected chi connectivity index (χ3v) is 6.92. The molecule has 0 radical (unpaired) electrons. The molecule has 1 atom stereocenters. The zero-order chi connectivity index (χ0) is 23.7. The fourth-order valence-corrected chi connectivity index (χ4v) is 5.31. The molecule has 5 nitrogen and oxygen atoms in total. The van der Waals surface area contributed by atoms with Crippen LogP contribution in [-0.2, 0) is 4.79 Å². The van der Waals surface area contributed by atoms with Gasteiger partial charge < -0.3 is 5.32 Å². The Morgan fingerprint density at radius 3 is 2.35 bits per heavy atom. The van der Waals surface area contributed by atoms with Crippen LogP contribution in [0.15, 0.2) is 106 Å². The molecule has 1 aliphatic heterocycles. The Balaban J connectivity index is 1.70. The first-order valence-corrected chi connectivity index (χ1v) is 11.9. The van der Waals surface area contributed by atoms with Crippen molar-refractivity contribution < 1.29 is 4.79 Å². The van der Waals surface area contributed by atoms with Crippen molar-refractivity contribution in [3.63, 3.8) is 0 Å². The van der Waals surface area contributed by atoms with Gasteiger partial charge in [0.2, 0.25) is 0 Å². The maximum atomic E-state index is 13.6. The highest BCUT2D eigenvalue weighted by atomic mass is 35.5. The number of hydrogen-bond acceptors (Lipinski definition) is 4. The average molecular weight is 486 g/mol. The van der Waals surface area contributed by atoms with Crippen molar-refractivity contribution in [2.45, 2.75) is 13.0 Å². The molecule has 168 valence electrons. The van der Waals surface area contributed by atoms with Crippen LogP contribution in [0.1, 0.15) is 24.1 Å². The third-order valence-electron chi connectivity index (χ3n) is 5.60. The molecule has 1 aromatic heterocycles. The van der Waals surface area contributed by atoms with Gasteiger partial charge in [-0.25, -0.2) is 4.99 Å². The number of halogens is 1. The molecule has 34 heavy (non-hydrogen) atoms. The molecule has 7 heteroatoms. The molecule has 1 N–H and O–H groups in total. The molecular weight excluding hydrogens is 466 g/mol. The molecule has 0 unspecified atom stereocenters. The lowest BCUT2D eigenvalue weighted by Gasteiger charge is -2.26. The quantitative estimate of drug-likeness (QED) is 0.461. The van der Waals surface area contributed by atoms with Gasteiger partial charge in [0.25, 0.3) is 11.5 Å². The first kappa shape index (κ1) is 22.1. The fourth-order valence-electron chi connectivity index (χ4n) is 4.02. The van der Waals surface area contributed by atoms with Crippen molar-refractivity contribution in [1.29, 1.82) is 0 Å². The van der Waals surface area contributed by atoms with Crippen molar-refractivity contribution in [2.24, 2.45) is 4.99 Å². The molecule has 0 spiro atoms. The van der Waals surface area contributed by atoms with Crippen molar-refractivity contribution >= 4 is 40.6 Å². The number of thiazole rings is 1.